The molecule has 0 spiro atoms. The fraction of sp³-hybridized carbons (Fsp3) is 0.368. The minimum Gasteiger partial charge on any atom is -0.489 e. The van der Waals surface area contributed by atoms with Gasteiger partial charge in [0.15, 0.2) is 0 Å². The Morgan fingerprint density at radius 3 is 2.48 bits per heavy atom. The van der Waals surface area contributed by atoms with E-state index in [1.165, 1.54) is 0 Å². The summed E-state index contributed by atoms with van der Waals surface area (Å²) in [6.07, 6.45) is 3.50. The van der Waals surface area contributed by atoms with Crippen molar-refractivity contribution in [2.24, 2.45) is 0 Å². The van der Waals surface area contributed by atoms with Crippen molar-refractivity contribution in [2.45, 2.75) is 46.4 Å². The Kier molecular flexibility index (Phi) is 5.74. The molecule has 0 aliphatic heterocycles. The predicted octanol–water partition coefficient (Wildman–Crippen LogP) is 3.92. The molecule has 4 nitrogen and oxygen atoms in total. The van der Waals surface area contributed by atoms with Crippen molar-refractivity contribution in [2.75, 3.05) is 0 Å². The van der Waals surface area contributed by atoms with Crippen molar-refractivity contribution >= 4 is 5.91 Å². The van der Waals surface area contributed by atoms with Crippen LogP contribution in [0.4, 0.5) is 0 Å². The molecule has 1 heterocycles. The van der Waals surface area contributed by atoms with Crippen LogP contribution >= 0.6 is 0 Å². The molecule has 2 rings (SSSR count). The molecule has 0 fully saturated rings. The van der Waals surface area contributed by atoms with E-state index in [-0.39, 0.29) is 18.0 Å². The Bertz CT molecular complexity index is 631. The van der Waals surface area contributed by atoms with Gasteiger partial charge in [0.2, 0.25) is 0 Å². The number of ether oxygens (including phenoxy) is 1. The molecule has 0 saturated heterocycles. The Labute approximate surface area is 138 Å². The van der Waals surface area contributed by atoms with Gasteiger partial charge in [-0.1, -0.05) is 12.1 Å². The van der Waals surface area contributed by atoms with Gasteiger partial charge < -0.3 is 9.64 Å². The van der Waals surface area contributed by atoms with Crippen molar-refractivity contribution in [3.63, 3.8) is 0 Å². The summed E-state index contributed by atoms with van der Waals surface area (Å²) in [5.74, 6) is 0.717. The lowest BCUT2D eigenvalue weighted by Gasteiger charge is -2.31. The second-order valence-electron chi connectivity index (χ2n) is 6.08. The fourth-order valence-corrected chi connectivity index (χ4v) is 2.58. The van der Waals surface area contributed by atoms with Crippen LogP contribution in [0.15, 0.2) is 48.8 Å². The number of benzene rings is 1. The number of rotatable bonds is 6. The van der Waals surface area contributed by atoms with Gasteiger partial charge in [0.1, 0.15) is 12.4 Å². The summed E-state index contributed by atoms with van der Waals surface area (Å²) in [7, 11) is 0. The largest absolute Gasteiger partial charge is 0.489 e. The van der Waals surface area contributed by atoms with Gasteiger partial charge in [-0.15, -0.1) is 0 Å². The molecule has 0 N–H and O–H groups in total. The van der Waals surface area contributed by atoms with Crippen molar-refractivity contribution in [1.82, 2.24) is 9.88 Å². The van der Waals surface area contributed by atoms with Crippen LogP contribution in [0.25, 0.3) is 0 Å². The monoisotopic (exact) mass is 312 g/mol. The van der Waals surface area contributed by atoms with Crippen molar-refractivity contribution in [3.8, 4) is 5.75 Å². The average molecular weight is 312 g/mol. The highest BCUT2D eigenvalue weighted by atomic mass is 16.5. The van der Waals surface area contributed by atoms with Crippen LogP contribution in [0.1, 0.15) is 43.6 Å². The van der Waals surface area contributed by atoms with E-state index >= 15 is 0 Å². The molecule has 1 aromatic carbocycles. The molecular weight excluding hydrogens is 288 g/mol. The molecule has 23 heavy (non-hydrogen) atoms. The van der Waals surface area contributed by atoms with Crippen molar-refractivity contribution < 1.29 is 9.53 Å². The maximum Gasteiger partial charge on any atom is 0.254 e. The summed E-state index contributed by atoms with van der Waals surface area (Å²) in [5, 5.41) is 0. The van der Waals surface area contributed by atoms with Gasteiger partial charge in [0.25, 0.3) is 5.91 Å². The summed E-state index contributed by atoms with van der Waals surface area (Å²) >= 11 is 0. The van der Waals surface area contributed by atoms with Crippen molar-refractivity contribution in [3.05, 3.63) is 59.9 Å². The van der Waals surface area contributed by atoms with E-state index in [1.54, 1.807) is 18.5 Å². The third-order valence-corrected chi connectivity index (χ3v) is 3.56. The molecule has 0 aliphatic carbocycles. The molecule has 2 aromatic rings. The highest BCUT2D eigenvalue weighted by Gasteiger charge is 2.21. The second-order valence-corrected chi connectivity index (χ2v) is 6.08. The topological polar surface area (TPSA) is 42.4 Å². The highest BCUT2D eigenvalue weighted by molar-refractivity contribution is 5.95. The number of hydrogen-bond donors (Lipinski definition) is 0. The van der Waals surface area contributed by atoms with Crippen LogP contribution in [0, 0.1) is 0 Å². The lowest BCUT2D eigenvalue weighted by molar-refractivity contribution is 0.0643. The molecule has 0 saturated carbocycles. The second kappa shape index (κ2) is 7.77. The molecule has 0 aliphatic rings. The number of nitrogens with zero attached hydrogens (tertiary/aromatic N) is 2. The van der Waals surface area contributed by atoms with Crippen LogP contribution in [0.3, 0.4) is 0 Å². The summed E-state index contributed by atoms with van der Waals surface area (Å²) in [4.78, 5) is 18.7. The lowest BCUT2D eigenvalue weighted by Crippen LogP contribution is -2.42. The average Bonchev–Trinajstić information content (AvgIpc) is 2.53. The van der Waals surface area contributed by atoms with E-state index in [0.29, 0.717) is 17.9 Å². The van der Waals surface area contributed by atoms with Gasteiger partial charge in [0.05, 0.1) is 0 Å². The number of hydrogen-bond acceptors (Lipinski definition) is 3. The molecule has 0 unspecified atom stereocenters. The third-order valence-electron chi connectivity index (χ3n) is 3.56. The van der Waals surface area contributed by atoms with Crippen LogP contribution in [-0.2, 0) is 6.61 Å². The smallest absolute Gasteiger partial charge is 0.254 e. The zero-order valence-electron chi connectivity index (χ0n) is 14.2. The highest BCUT2D eigenvalue weighted by Crippen LogP contribution is 2.18. The summed E-state index contributed by atoms with van der Waals surface area (Å²) in [6.45, 7) is 8.55. The molecule has 0 radical (unpaired) electrons. The van der Waals surface area contributed by atoms with Crippen LogP contribution in [0.2, 0.25) is 0 Å². The minimum absolute atomic E-state index is 0.0295. The molecule has 1 aromatic heterocycles. The first kappa shape index (κ1) is 17.0. The number of carbonyl (C=O) groups is 1. The van der Waals surface area contributed by atoms with Gasteiger partial charge in [-0.3, -0.25) is 9.78 Å². The van der Waals surface area contributed by atoms with Gasteiger partial charge in [-0.2, -0.15) is 0 Å². The first-order valence-corrected chi connectivity index (χ1v) is 7.93. The number of pyridine rings is 1. The molecule has 0 atom stereocenters. The van der Waals surface area contributed by atoms with Gasteiger partial charge in [-0.25, -0.2) is 0 Å². The zero-order valence-corrected chi connectivity index (χ0v) is 14.2. The van der Waals surface area contributed by atoms with Crippen molar-refractivity contribution in [1.29, 1.82) is 0 Å². The van der Waals surface area contributed by atoms with Crippen LogP contribution < -0.4 is 4.74 Å². The molecule has 4 heteroatoms. The first-order chi connectivity index (χ1) is 11.0. The summed E-state index contributed by atoms with van der Waals surface area (Å²) in [6, 6.07) is 11.5. The Morgan fingerprint density at radius 1 is 1.13 bits per heavy atom. The molecule has 0 bridgehead atoms. The number of carbonyl (C=O) groups excluding carboxylic acids is 1. The maximum absolute atomic E-state index is 12.7. The standard InChI is InChI=1S/C19H24N2O2/c1-14(2)21(15(3)4)19(22)17-8-5-9-18(11-17)23-13-16-7-6-10-20-12-16/h5-12,14-15H,13H2,1-4H3. The van der Waals surface area contributed by atoms with E-state index in [4.69, 9.17) is 4.74 Å². The molecular formula is C19H24N2O2. The van der Waals surface area contributed by atoms with E-state index < -0.39 is 0 Å². The number of aromatic nitrogens is 1. The van der Waals surface area contributed by atoms with E-state index in [2.05, 4.69) is 4.98 Å². The van der Waals surface area contributed by atoms with Crippen LogP contribution in [-0.4, -0.2) is 27.9 Å². The van der Waals surface area contributed by atoms with Crippen LogP contribution in [0.5, 0.6) is 5.75 Å². The maximum atomic E-state index is 12.7. The molecule has 1 amide bonds. The zero-order chi connectivity index (χ0) is 16.8. The van der Waals surface area contributed by atoms with E-state index in [0.717, 1.165) is 5.56 Å². The SMILES string of the molecule is CC(C)N(C(=O)c1cccc(OCc2cccnc2)c1)C(C)C. The lowest BCUT2D eigenvalue weighted by atomic mass is 10.1. The third kappa shape index (κ3) is 4.55. The summed E-state index contributed by atoms with van der Waals surface area (Å²) < 4.78 is 5.77. The molecule has 122 valence electrons. The van der Waals surface area contributed by atoms with Gasteiger partial charge in [0, 0.05) is 35.6 Å². The normalized spacial score (nSPS) is 10.9. The minimum atomic E-state index is 0.0295. The van der Waals surface area contributed by atoms with Gasteiger partial charge >= 0.3 is 0 Å². The van der Waals surface area contributed by atoms with E-state index in [1.807, 2.05) is 62.9 Å². The summed E-state index contributed by atoms with van der Waals surface area (Å²) in [5.41, 5.74) is 1.64. The fourth-order valence-electron chi connectivity index (χ4n) is 2.58. The Hall–Kier alpha value is -2.36. The number of amides is 1. The Balaban J connectivity index is 2.11. The van der Waals surface area contributed by atoms with Gasteiger partial charge in [-0.05, 0) is 52.0 Å². The first-order valence-electron chi connectivity index (χ1n) is 7.93. The quantitative estimate of drug-likeness (QED) is 0.812. The predicted molar refractivity (Wildman–Crippen MR) is 91.5 cm³/mol. The van der Waals surface area contributed by atoms with E-state index in [9.17, 15) is 4.79 Å². The Morgan fingerprint density at radius 2 is 1.87 bits per heavy atom.